The van der Waals surface area contributed by atoms with Crippen LogP contribution < -0.4 is 10.6 Å². The molecule has 0 amide bonds. The molecular formula is C12H18N6. The first-order valence-corrected chi connectivity index (χ1v) is 5.78. The van der Waals surface area contributed by atoms with Gasteiger partial charge in [0.2, 0.25) is 5.95 Å². The monoisotopic (exact) mass is 246 g/mol. The molecule has 18 heavy (non-hydrogen) atoms. The number of hydrogen-bond acceptors (Lipinski definition) is 5. The van der Waals surface area contributed by atoms with Gasteiger partial charge in [-0.25, -0.2) is 4.98 Å². The van der Waals surface area contributed by atoms with Gasteiger partial charge in [0.15, 0.2) is 11.5 Å². The second-order valence-corrected chi connectivity index (χ2v) is 5.08. The van der Waals surface area contributed by atoms with Crippen molar-refractivity contribution in [3.63, 3.8) is 0 Å². The number of nitrogens with one attached hydrogen (secondary N) is 1. The van der Waals surface area contributed by atoms with Crippen molar-refractivity contribution in [3.05, 3.63) is 19.0 Å². The molecule has 0 aliphatic rings. The van der Waals surface area contributed by atoms with Crippen LogP contribution in [0.2, 0.25) is 0 Å². The van der Waals surface area contributed by atoms with E-state index in [1.165, 1.54) is 0 Å². The molecule has 0 aromatic carbocycles. The predicted molar refractivity (Wildman–Crippen MR) is 73.4 cm³/mol. The normalized spacial score (nSPS) is 11.7. The fraction of sp³-hybridized carbons (Fsp3) is 0.417. The van der Waals surface area contributed by atoms with Crippen molar-refractivity contribution in [1.29, 1.82) is 0 Å². The molecule has 0 aliphatic carbocycles. The summed E-state index contributed by atoms with van der Waals surface area (Å²) in [5.41, 5.74) is 7.00. The lowest BCUT2D eigenvalue weighted by atomic mass is 10.1. The Labute approximate surface area is 106 Å². The molecule has 0 atom stereocenters. The van der Waals surface area contributed by atoms with Crippen molar-refractivity contribution in [2.45, 2.75) is 26.3 Å². The SMILES string of the molecule is C=CCN(c1nc(N)nc2nc[nH]c12)C(C)(C)C. The highest BCUT2D eigenvalue weighted by molar-refractivity contribution is 5.84. The molecule has 6 heteroatoms. The Bertz CT molecular complexity index is 565. The number of rotatable bonds is 3. The highest BCUT2D eigenvalue weighted by Gasteiger charge is 2.25. The molecule has 0 unspecified atom stereocenters. The lowest BCUT2D eigenvalue weighted by Gasteiger charge is -2.36. The van der Waals surface area contributed by atoms with E-state index in [1.807, 2.05) is 6.08 Å². The average molecular weight is 246 g/mol. The maximum absolute atomic E-state index is 5.73. The zero-order valence-corrected chi connectivity index (χ0v) is 10.9. The summed E-state index contributed by atoms with van der Waals surface area (Å²) in [6.45, 7) is 10.8. The van der Waals surface area contributed by atoms with Gasteiger partial charge in [-0.15, -0.1) is 6.58 Å². The molecule has 2 heterocycles. The van der Waals surface area contributed by atoms with Crippen molar-refractivity contribution in [1.82, 2.24) is 19.9 Å². The van der Waals surface area contributed by atoms with Crippen LogP contribution in [0.1, 0.15) is 20.8 Å². The minimum absolute atomic E-state index is 0.104. The van der Waals surface area contributed by atoms with E-state index in [2.05, 4.69) is 52.2 Å². The Morgan fingerprint density at radius 3 is 2.78 bits per heavy atom. The van der Waals surface area contributed by atoms with E-state index in [1.54, 1.807) is 6.33 Å². The summed E-state index contributed by atoms with van der Waals surface area (Å²) in [5, 5.41) is 0. The Morgan fingerprint density at radius 1 is 1.44 bits per heavy atom. The second-order valence-electron chi connectivity index (χ2n) is 5.08. The molecule has 0 radical (unpaired) electrons. The van der Waals surface area contributed by atoms with Crippen LogP contribution in [0.3, 0.4) is 0 Å². The largest absolute Gasteiger partial charge is 0.368 e. The Morgan fingerprint density at radius 2 is 2.17 bits per heavy atom. The number of hydrogen-bond donors (Lipinski definition) is 2. The first kappa shape index (κ1) is 12.3. The summed E-state index contributed by atoms with van der Waals surface area (Å²) in [6, 6.07) is 0. The van der Waals surface area contributed by atoms with Gasteiger partial charge in [0.1, 0.15) is 5.52 Å². The zero-order valence-electron chi connectivity index (χ0n) is 10.9. The summed E-state index contributed by atoms with van der Waals surface area (Å²) < 4.78 is 0. The number of fused-ring (bicyclic) bond motifs is 1. The van der Waals surface area contributed by atoms with Gasteiger partial charge in [-0.1, -0.05) is 6.08 Å². The van der Waals surface area contributed by atoms with Gasteiger partial charge in [0.05, 0.1) is 6.33 Å². The van der Waals surface area contributed by atoms with Crippen molar-refractivity contribution in [2.75, 3.05) is 17.2 Å². The summed E-state index contributed by atoms with van der Waals surface area (Å²) in [7, 11) is 0. The highest BCUT2D eigenvalue weighted by Crippen LogP contribution is 2.27. The number of aromatic amines is 1. The molecule has 0 saturated carbocycles. The van der Waals surface area contributed by atoms with Crippen LogP contribution in [0.25, 0.3) is 11.2 Å². The molecule has 0 aliphatic heterocycles. The first-order valence-electron chi connectivity index (χ1n) is 5.78. The zero-order chi connectivity index (χ0) is 13.3. The van der Waals surface area contributed by atoms with Gasteiger partial charge in [-0.2, -0.15) is 9.97 Å². The molecule has 0 bridgehead atoms. The van der Waals surface area contributed by atoms with E-state index in [0.717, 1.165) is 11.3 Å². The summed E-state index contributed by atoms with van der Waals surface area (Å²) >= 11 is 0. The number of H-pyrrole nitrogens is 1. The van der Waals surface area contributed by atoms with Crippen LogP contribution in [-0.2, 0) is 0 Å². The molecule has 3 N–H and O–H groups in total. The van der Waals surface area contributed by atoms with Crippen molar-refractivity contribution < 1.29 is 0 Å². The summed E-state index contributed by atoms with van der Waals surface area (Å²) in [4.78, 5) is 17.7. The first-order chi connectivity index (χ1) is 8.43. The van der Waals surface area contributed by atoms with Gasteiger partial charge in [0, 0.05) is 12.1 Å². The predicted octanol–water partition coefficient (Wildman–Crippen LogP) is 1.73. The van der Waals surface area contributed by atoms with E-state index >= 15 is 0 Å². The molecule has 6 nitrogen and oxygen atoms in total. The van der Waals surface area contributed by atoms with E-state index in [4.69, 9.17) is 5.73 Å². The van der Waals surface area contributed by atoms with Crippen LogP contribution in [0.4, 0.5) is 11.8 Å². The highest BCUT2D eigenvalue weighted by atomic mass is 15.3. The van der Waals surface area contributed by atoms with Gasteiger partial charge < -0.3 is 15.6 Å². The molecule has 2 rings (SSSR count). The van der Waals surface area contributed by atoms with Crippen LogP contribution in [0, 0.1) is 0 Å². The van der Waals surface area contributed by atoms with Gasteiger partial charge in [-0.05, 0) is 20.8 Å². The third-order valence-electron chi connectivity index (χ3n) is 2.66. The van der Waals surface area contributed by atoms with E-state index in [9.17, 15) is 0 Å². The number of anilines is 2. The van der Waals surface area contributed by atoms with Gasteiger partial charge in [-0.3, -0.25) is 0 Å². The molecule has 0 fully saturated rings. The van der Waals surface area contributed by atoms with Crippen molar-refractivity contribution in [3.8, 4) is 0 Å². The maximum atomic E-state index is 5.73. The minimum Gasteiger partial charge on any atom is -0.368 e. The molecule has 0 saturated heterocycles. The summed E-state index contributed by atoms with van der Waals surface area (Å²) in [6.07, 6.45) is 3.43. The Hall–Kier alpha value is -2.11. The van der Waals surface area contributed by atoms with Crippen LogP contribution in [-0.4, -0.2) is 32.0 Å². The van der Waals surface area contributed by atoms with Crippen LogP contribution in [0.5, 0.6) is 0 Å². The lowest BCUT2D eigenvalue weighted by Crippen LogP contribution is -2.42. The fourth-order valence-electron chi connectivity index (χ4n) is 1.84. The van der Waals surface area contributed by atoms with E-state index in [-0.39, 0.29) is 11.5 Å². The van der Waals surface area contributed by atoms with Crippen molar-refractivity contribution in [2.24, 2.45) is 0 Å². The van der Waals surface area contributed by atoms with Crippen molar-refractivity contribution >= 4 is 22.9 Å². The lowest BCUT2D eigenvalue weighted by molar-refractivity contribution is 0.519. The Balaban J connectivity index is 2.62. The Kier molecular flexibility index (Phi) is 2.94. The molecular weight excluding hydrogens is 228 g/mol. The van der Waals surface area contributed by atoms with Gasteiger partial charge >= 0.3 is 0 Å². The number of imidazole rings is 1. The molecule has 2 aromatic rings. The third kappa shape index (κ3) is 2.13. The number of nitrogens with two attached hydrogens (primary N) is 1. The summed E-state index contributed by atoms with van der Waals surface area (Å²) in [5.74, 6) is 0.977. The van der Waals surface area contributed by atoms with Crippen LogP contribution >= 0.6 is 0 Å². The fourth-order valence-corrected chi connectivity index (χ4v) is 1.84. The maximum Gasteiger partial charge on any atom is 0.224 e. The van der Waals surface area contributed by atoms with Gasteiger partial charge in [0.25, 0.3) is 0 Å². The minimum atomic E-state index is -0.104. The van der Waals surface area contributed by atoms with Crippen LogP contribution in [0.15, 0.2) is 19.0 Å². The van der Waals surface area contributed by atoms with E-state index in [0.29, 0.717) is 12.2 Å². The second kappa shape index (κ2) is 4.29. The number of aromatic nitrogens is 4. The smallest absolute Gasteiger partial charge is 0.224 e. The number of nitrogens with zero attached hydrogens (tertiary/aromatic N) is 4. The quantitative estimate of drug-likeness (QED) is 0.806. The average Bonchev–Trinajstić information content (AvgIpc) is 2.71. The van der Waals surface area contributed by atoms with E-state index < -0.39 is 0 Å². The number of nitrogen functional groups attached to an aromatic ring is 1. The molecule has 0 spiro atoms. The third-order valence-corrected chi connectivity index (χ3v) is 2.66. The molecule has 96 valence electrons. The molecule has 2 aromatic heterocycles. The topological polar surface area (TPSA) is 83.7 Å². The standard InChI is InChI=1S/C12H18N6/c1-5-6-18(12(2,3)4)10-8-9(15-7-14-8)16-11(13)17-10/h5,7H,1,6H2,2-4H3,(H3,13,14,15,16,17).